The fourth-order valence-electron chi connectivity index (χ4n) is 4.18. The molecule has 5 rings (SSSR count). The predicted octanol–water partition coefficient (Wildman–Crippen LogP) is 2.91. The average molecular weight is 415 g/mol. The highest BCUT2D eigenvalue weighted by Crippen LogP contribution is 2.37. The van der Waals surface area contributed by atoms with Crippen LogP contribution in [0, 0.1) is 0 Å². The van der Waals surface area contributed by atoms with Crippen LogP contribution in [0.5, 0.6) is 0 Å². The Bertz CT molecular complexity index is 1200. The molecule has 7 nitrogen and oxygen atoms in total. The molecule has 0 bridgehead atoms. The third-order valence-electron chi connectivity index (χ3n) is 5.68. The number of morpholine rings is 1. The van der Waals surface area contributed by atoms with E-state index in [2.05, 4.69) is 5.32 Å². The Kier molecular flexibility index (Phi) is 4.88. The van der Waals surface area contributed by atoms with Crippen LogP contribution in [0.15, 0.2) is 60.7 Å². The molecule has 2 heterocycles. The van der Waals surface area contributed by atoms with Gasteiger partial charge in [-0.15, -0.1) is 0 Å². The van der Waals surface area contributed by atoms with Crippen LogP contribution in [0.1, 0.15) is 20.7 Å². The number of nitrogens with zero attached hydrogens (tertiary/aromatic N) is 2. The smallest absolute Gasteiger partial charge is 0.259 e. The molecule has 7 heteroatoms. The first-order valence-electron chi connectivity index (χ1n) is 10.2. The molecule has 0 unspecified atom stereocenters. The van der Waals surface area contributed by atoms with Gasteiger partial charge >= 0.3 is 0 Å². The molecule has 31 heavy (non-hydrogen) atoms. The second-order valence-corrected chi connectivity index (χ2v) is 7.57. The number of nitrogens with one attached hydrogen (secondary N) is 1. The van der Waals surface area contributed by atoms with Gasteiger partial charge in [0.05, 0.1) is 30.2 Å². The highest BCUT2D eigenvalue weighted by Gasteiger charge is 2.31. The lowest BCUT2D eigenvalue weighted by atomic mass is 10.1. The number of carbonyl (C=O) groups excluding carboxylic acids is 3. The van der Waals surface area contributed by atoms with Gasteiger partial charge in [0.25, 0.3) is 11.8 Å². The van der Waals surface area contributed by atoms with E-state index in [4.69, 9.17) is 4.74 Å². The summed E-state index contributed by atoms with van der Waals surface area (Å²) in [5.41, 5.74) is 2.19. The van der Waals surface area contributed by atoms with E-state index in [1.807, 2.05) is 30.3 Å². The second kappa shape index (κ2) is 7.85. The fraction of sp³-hybridized carbons (Fsp3) is 0.208. The van der Waals surface area contributed by atoms with E-state index in [1.165, 1.54) is 4.90 Å². The molecule has 1 fully saturated rings. The molecular weight excluding hydrogens is 394 g/mol. The van der Waals surface area contributed by atoms with Gasteiger partial charge in [-0.1, -0.05) is 36.4 Å². The number of para-hydroxylation sites is 1. The first kappa shape index (κ1) is 19.3. The van der Waals surface area contributed by atoms with E-state index in [-0.39, 0.29) is 24.3 Å². The van der Waals surface area contributed by atoms with Crippen LogP contribution in [0.25, 0.3) is 10.8 Å². The lowest BCUT2D eigenvalue weighted by Gasteiger charge is -2.27. The molecule has 0 atom stereocenters. The van der Waals surface area contributed by atoms with Crippen molar-refractivity contribution in [3.8, 4) is 0 Å². The lowest BCUT2D eigenvalue weighted by Crippen LogP contribution is -2.41. The normalized spacial score (nSPS) is 15.4. The number of rotatable bonds is 4. The van der Waals surface area contributed by atoms with Crippen LogP contribution >= 0.6 is 0 Å². The van der Waals surface area contributed by atoms with Crippen molar-refractivity contribution in [3.05, 3.63) is 71.8 Å². The SMILES string of the molecule is O=C(CN1C(=O)c2cccc3cccc1c23)Nc1ccccc1C(=O)N1CCOCC1. The van der Waals surface area contributed by atoms with Gasteiger partial charge in [-0.25, -0.2) is 0 Å². The summed E-state index contributed by atoms with van der Waals surface area (Å²) >= 11 is 0. The molecule has 0 saturated carbocycles. The number of ether oxygens (including phenoxy) is 1. The number of hydrogen-bond acceptors (Lipinski definition) is 4. The van der Waals surface area contributed by atoms with Gasteiger partial charge in [-0.2, -0.15) is 0 Å². The monoisotopic (exact) mass is 415 g/mol. The summed E-state index contributed by atoms with van der Waals surface area (Å²) in [6.07, 6.45) is 0. The number of hydrogen-bond donors (Lipinski definition) is 1. The first-order chi connectivity index (χ1) is 15.1. The van der Waals surface area contributed by atoms with Crippen molar-refractivity contribution in [2.24, 2.45) is 0 Å². The van der Waals surface area contributed by atoms with Crippen LogP contribution in [-0.2, 0) is 9.53 Å². The molecule has 1 saturated heterocycles. The van der Waals surface area contributed by atoms with Crippen LogP contribution in [0.2, 0.25) is 0 Å². The zero-order chi connectivity index (χ0) is 21.4. The van der Waals surface area contributed by atoms with Crippen LogP contribution in [0.4, 0.5) is 11.4 Å². The van der Waals surface area contributed by atoms with Gasteiger partial charge in [0.15, 0.2) is 0 Å². The van der Waals surface area contributed by atoms with Crippen molar-refractivity contribution < 1.29 is 19.1 Å². The summed E-state index contributed by atoms with van der Waals surface area (Å²) in [4.78, 5) is 41.9. The summed E-state index contributed by atoms with van der Waals surface area (Å²) < 4.78 is 5.31. The highest BCUT2D eigenvalue weighted by molar-refractivity contribution is 6.26. The topological polar surface area (TPSA) is 79.0 Å². The van der Waals surface area contributed by atoms with E-state index in [0.29, 0.717) is 43.1 Å². The molecule has 1 N–H and O–H groups in total. The summed E-state index contributed by atoms with van der Waals surface area (Å²) in [5.74, 6) is -0.700. The van der Waals surface area contributed by atoms with Gasteiger partial charge in [-0.05, 0) is 29.7 Å². The van der Waals surface area contributed by atoms with Gasteiger partial charge in [0.2, 0.25) is 5.91 Å². The Labute approximate surface area is 179 Å². The zero-order valence-corrected chi connectivity index (χ0v) is 16.8. The minimum atomic E-state index is -0.361. The lowest BCUT2D eigenvalue weighted by molar-refractivity contribution is -0.114. The third-order valence-corrected chi connectivity index (χ3v) is 5.68. The van der Waals surface area contributed by atoms with Crippen LogP contribution < -0.4 is 10.2 Å². The van der Waals surface area contributed by atoms with Crippen LogP contribution in [-0.4, -0.2) is 55.5 Å². The van der Waals surface area contributed by atoms with E-state index < -0.39 is 0 Å². The maximum Gasteiger partial charge on any atom is 0.259 e. The van der Waals surface area contributed by atoms with Crippen molar-refractivity contribution in [1.29, 1.82) is 0 Å². The van der Waals surface area contributed by atoms with Crippen LogP contribution in [0.3, 0.4) is 0 Å². The highest BCUT2D eigenvalue weighted by atomic mass is 16.5. The minimum absolute atomic E-state index is 0.132. The molecule has 156 valence electrons. The van der Waals surface area contributed by atoms with Gasteiger partial charge < -0.3 is 15.0 Å². The summed E-state index contributed by atoms with van der Waals surface area (Å²) in [6, 6.07) is 18.2. The molecule has 3 aromatic rings. The molecule has 3 amide bonds. The molecule has 0 radical (unpaired) electrons. The minimum Gasteiger partial charge on any atom is -0.378 e. The van der Waals surface area contributed by atoms with E-state index in [9.17, 15) is 14.4 Å². The Morgan fingerprint density at radius 2 is 1.68 bits per heavy atom. The molecule has 0 spiro atoms. The van der Waals surface area contributed by atoms with Gasteiger partial charge in [0, 0.05) is 24.0 Å². The van der Waals surface area contributed by atoms with Gasteiger partial charge in [0.1, 0.15) is 6.54 Å². The average Bonchev–Trinajstić information content (AvgIpc) is 3.07. The number of anilines is 2. The first-order valence-corrected chi connectivity index (χ1v) is 10.2. The Morgan fingerprint density at radius 3 is 2.48 bits per heavy atom. The molecule has 2 aliphatic heterocycles. The Hall–Kier alpha value is -3.71. The van der Waals surface area contributed by atoms with Crippen molar-refractivity contribution in [3.63, 3.8) is 0 Å². The molecular formula is C24H21N3O4. The second-order valence-electron chi connectivity index (χ2n) is 7.57. The van der Waals surface area contributed by atoms with Crippen molar-refractivity contribution in [1.82, 2.24) is 4.90 Å². The summed E-state index contributed by atoms with van der Waals surface area (Å²) in [7, 11) is 0. The molecule has 0 aromatic heterocycles. The number of amides is 3. The van der Waals surface area contributed by atoms with E-state index in [0.717, 1.165) is 16.5 Å². The maximum atomic E-state index is 12.9. The number of carbonyl (C=O) groups is 3. The maximum absolute atomic E-state index is 12.9. The van der Waals surface area contributed by atoms with E-state index >= 15 is 0 Å². The number of benzene rings is 3. The van der Waals surface area contributed by atoms with Crippen molar-refractivity contribution in [2.45, 2.75) is 0 Å². The summed E-state index contributed by atoms with van der Waals surface area (Å²) in [6.45, 7) is 1.91. The molecule has 3 aromatic carbocycles. The quantitative estimate of drug-likeness (QED) is 0.711. The van der Waals surface area contributed by atoms with Crippen molar-refractivity contribution in [2.75, 3.05) is 43.1 Å². The van der Waals surface area contributed by atoms with Crippen molar-refractivity contribution >= 4 is 39.9 Å². The summed E-state index contributed by atoms with van der Waals surface area (Å²) in [5, 5.41) is 4.66. The Morgan fingerprint density at radius 1 is 0.935 bits per heavy atom. The van der Waals surface area contributed by atoms with Gasteiger partial charge in [-0.3, -0.25) is 19.3 Å². The van der Waals surface area contributed by atoms with E-state index in [1.54, 1.807) is 35.2 Å². The zero-order valence-electron chi connectivity index (χ0n) is 16.8. The predicted molar refractivity (Wildman–Crippen MR) is 117 cm³/mol. The Balaban J connectivity index is 1.36. The largest absolute Gasteiger partial charge is 0.378 e. The molecule has 0 aliphatic carbocycles. The third kappa shape index (κ3) is 3.43. The fourth-order valence-corrected chi connectivity index (χ4v) is 4.18. The standard InChI is InChI=1S/C24H21N3O4/c28-21(15-27-20-10-4-6-16-5-3-8-18(22(16)20)24(27)30)25-19-9-2-1-7-17(19)23(29)26-11-13-31-14-12-26/h1-10H,11-15H2,(H,25,28). The molecule has 2 aliphatic rings.